The third kappa shape index (κ3) is 5.76. The molecule has 13 heteroatoms. The van der Waals surface area contributed by atoms with Gasteiger partial charge in [-0.3, -0.25) is 19.2 Å². The Hall–Kier alpha value is -3.48. The number of methoxy groups -OCH3 is 1. The molecular weight excluding hydrogens is 408 g/mol. The van der Waals surface area contributed by atoms with Crippen molar-refractivity contribution in [2.75, 3.05) is 7.11 Å². The SMILES string of the molecule is COC(=O)C1OC(Oc2ccc(=O)[nH]n2)C(OC(C)=O)C(OC(C)=O)C1OC(C)=O. The maximum atomic E-state index is 12.3. The minimum atomic E-state index is -1.59. The second-order valence-electron chi connectivity index (χ2n) is 6.05. The van der Waals surface area contributed by atoms with Crippen LogP contribution in [0, 0.1) is 0 Å². The van der Waals surface area contributed by atoms with Gasteiger partial charge < -0.3 is 28.4 Å². The quantitative estimate of drug-likeness (QED) is 0.427. The van der Waals surface area contributed by atoms with Gasteiger partial charge in [0, 0.05) is 32.9 Å². The number of rotatable bonds is 6. The summed E-state index contributed by atoms with van der Waals surface area (Å²) in [5.41, 5.74) is -0.511. The Morgan fingerprint density at radius 1 is 0.933 bits per heavy atom. The predicted molar refractivity (Wildman–Crippen MR) is 92.8 cm³/mol. The van der Waals surface area contributed by atoms with E-state index in [9.17, 15) is 24.0 Å². The first-order chi connectivity index (χ1) is 14.1. The Morgan fingerprint density at radius 3 is 2.00 bits per heavy atom. The summed E-state index contributed by atoms with van der Waals surface area (Å²) in [5, 5.41) is 5.77. The van der Waals surface area contributed by atoms with Crippen LogP contribution in [0.1, 0.15) is 20.8 Å². The molecule has 1 N–H and O–H groups in total. The highest BCUT2D eigenvalue weighted by atomic mass is 16.7. The third-order valence-corrected chi connectivity index (χ3v) is 3.73. The molecule has 0 saturated carbocycles. The van der Waals surface area contributed by atoms with Gasteiger partial charge in [0.2, 0.25) is 18.3 Å². The number of aromatic amines is 1. The van der Waals surface area contributed by atoms with E-state index < -0.39 is 60.1 Å². The smallest absolute Gasteiger partial charge is 0.339 e. The van der Waals surface area contributed by atoms with E-state index in [0.29, 0.717) is 0 Å². The van der Waals surface area contributed by atoms with E-state index in [4.69, 9.17) is 23.7 Å². The lowest BCUT2D eigenvalue weighted by Crippen LogP contribution is -2.64. The molecule has 1 aliphatic heterocycles. The molecule has 0 amide bonds. The van der Waals surface area contributed by atoms with Crippen molar-refractivity contribution >= 4 is 23.9 Å². The molecule has 0 aliphatic carbocycles. The van der Waals surface area contributed by atoms with Gasteiger partial charge in [0.25, 0.3) is 5.56 Å². The summed E-state index contributed by atoms with van der Waals surface area (Å²) in [4.78, 5) is 58.3. The van der Waals surface area contributed by atoms with E-state index in [0.717, 1.165) is 33.9 Å². The number of carbonyl (C=O) groups excluding carboxylic acids is 4. The fraction of sp³-hybridized carbons (Fsp3) is 0.529. The van der Waals surface area contributed by atoms with E-state index in [1.807, 2.05) is 0 Å². The first kappa shape index (κ1) is 22.8. The van der Waals surface area contributed by atoms with E-state index in [1.165, 1.54) is 6.07 Å². The van der Waals surface area contributed by atoms with Gasteiger partial charge >= 0.3 is 23.9 Å². The minimum Gasteiger partial charge on any atom is -0.467 e. The van der Waals surface area contributed by atoms with Gasteiger partial charge in [0.15, 0.2) is 18.3 Å². The second-order valence-corrected chi connectivity index (χ2v) is 6.05. The lowest BCUT2D eigenvalue weighted by Gasteiger charge is -2.42. The monoisotopic (exact) mass is 428 g/mol. The van der Waals surface area contributed by atoms with Crippen LogP contribution < -0.4 is 10.3 Å². The maximum absolute atomic E-state index is 12.3. The zero-order chi connectivity index (χ0) is 22.4. The highest BCUT2D eigenvalue weighted by molar-refractivity contribution is 5.77. The maximum Gasteiger partial charge on any atom is 0.339 e. The van der Waals surface area contributed by atoms with E-state index >= 15 is 0 Å². The van der Waals surface area contributed by atoms with Crippen LogP contribution in [-0.2, 0) is 42.9 Å². The molecule has 5 unspecified atom stereocenters. The predicted octanol–water partition coefficient (Wildman–Crippen LogP) is -1.16. The standard InChI is InChI=1S/C17H20N2O11/c1-7(20)26-12-13(27-8(2)21)15(28-9(3)22)17(30-14(12)16(24)25-4)29-11-6-5-10(23)18-19-11/h5-6,12-15,17H,1-4H3,(H,18,23). The second kappa shape index (κ2) is 9.82. The average Bonchev–Trinajstić information content (AvgIpc) is 2.66. The molecule has 0 radical (unpaired) electrons. The van der Waals surface area contributed by atoms with Crippen LogP contribution in [-0.4, -0.2) is 71.9 Å². The summed E-state index contributed by atoms with van der Waals surface area (Å²) in [6.45, 7) is 3.21. The molecule has 164 valence electrons. The average molecular weight is 428 g/mol. The van der Waals surface area contributed by atoms with Gasteiger partial charge in [0.1, 0.15) is 0 Å². The van der Waals surface area contributed by atoms with Gasteiger partial charge in [-0.15, -0.1) is 5.10 Å². The number of carbonyl (C=O) groups is 4. The minimum absolute atomic E-state index is 0.159. The van der Waals surface area contributed by atoms with Crippen LogP contribution in [0.4, 0.5) is 0 Å². The molecule has 13 nitrogen and oxygen atoms in total. The summed E-state index contributed by atoms with van der Waals surface area (Å²) in [6.07, 6.45) is -7.60. The Kier molecular flexibility index (Phi) is 7.47. The van der Waals surface area contributed by atoms with Gasteiger partial charge in [-0.05, 0) is 0 Å². The number of ether oxygens (including phenoxy) is 6. The van der Waals surface area contributed by atoms with Crippen molar-refractivity contribution in [3.05, 3.63) is 22.5 Å². The first-order valence-corrected chi connectivity index (χ1v) is 8.59. The fourth-order valence-corrected chi connectivity index (χ4v) is 2.69. The number of H-pyrrole nitrogens is 1. The molecule has 1 aliphatic rings. The van der Waals surface area contributed by atoms with Gasteiger partial charge in [-0.25, -0.2) is 9.89 Å². The third-order valence-electron chi connectivity index (χ3n) is 3.73. The highest BCUT2D eigenvalue weighted by Gasteiger charge is 2.55. The van der Waals surface area contributed by atoms with Gasteiger partial charge in [-0.2, -0.15) is 0 Å². The normalized spacial score (nSPS) is 25.5. The van der Waals surface area contributed by atoms with E-state index in [2.05, 4.69) is 14.9 Å². The van der Waals surface area contributed by atoms with Crippen molar-refractivity contribution in [2.45, 2.75) is 51.5 Å². The van der Waals surface area contributed by atoms with Crippen molar-refractivity contribution in [3.63, 3.8) is 0 Å². The summed E-state index contributed by atoms with van der Waals surface area (Å²) >= 11 is 0. The number of aromatic nitrogens is 2. The fourth-order valence-electron chi connectivity index (χ4n) is 2.69. The largest absolute Gasteiger partial charge is 0.467 e. The van der Waals surface area contributed by atoms with Gasteiger partial charge in [-0.1, -0.05) is 0 Å². The van der Waals surface area contributed by atoms with Crippen molar-refractivity contribution in [1.82, 2.24) is 10.2 Å². The molecule has 1 fully saturated rings. The lowest BCUT2D eigenvalue weighted by molar-refractivity contribution is -0.283. The molecule has 2 heterocycles. The van der Waals surface area contributed by atoms with Crippen molar-refractivity contribution < 1.29 is 47.6 Å². The van der Waals surface area contributed by atoms with Gasteiger partial charge in [0.05, 0.1) is 7.11 Å². The first-order valence-electron chi connectivity index (χ1n) is 8.59. The lowest BCUT2D eigenvalue weighted by atomic mass is 9.97. The van der Waals surface area contributed by atoms with Crippen LogP contribution >= 0.6 is 0 Å². The molecule has 0 aromatic carbocycles. The zero-order valence-electron chi connectivity index (χ0n) is 16.5. The number of hydrogen-bond donors (Lipinski definition) is 1. The highest BCUT2D eigenvalue weighted by Crippen LogP contribution is 2.30. The van der Waals surface area contributed by atoms with Crippen LogP contribution in [0.25, 0.3) is 0 Å². The molecule has 0 spiro atoms. The molecule has 30 heavy (non-hydrogen) atoms. The van der Waals surface area contributed by atoms with Crippen molar-refractivity contribution in [2.24, 2.45) is 0 Å². The summed E-state index contributed by atoms with van der Waals surface area (Å²) in [7, 11) is 1.06. The number of hydrogen-bond acceptors (Lipinski definition) is 12. The molecule has 1 aromatic rings. The van der Waals surface area contributed by atoms with Crippen molar-refractivity contribution in [1.29, 1.82) is 0 Å². The molecule has 2 rings (SSSR count). The zero-order valence-corrected chi connectivity index (χ0v) is 16.5. The topological polar surface area (TPSA) is 169 Å². The number of nitrogens with zero attached hydrogens (tertiary/aromatic N) is 1. The van der Waals surface area contributed by atoms with Crippen LogP contribution in [0.5, 0.6) is 5.88 Å². The molecule has 0 bridgehead atoms. The summed E-state index contributed by atoms with van der Waals surface area (Å²) in [6, 6.07) is 2.30. The molecule has 1 saturated heterocycles. The Morgan fingerprint density at radius 2 is 1.50 bits per heavy atom. The Balaban J connectivity index is 2.48. The summed E-state index contributed by atoms with van der Waals surface area (Å²) < 4.78 is 31.2. The Bertz CT molecular complexity index is 847. The van der Waals surface area contributed by atoms with E-state index in [-0.39, 0.29) is 5.88 Å². The number of esters is 4. The van der Waals surface area contributed by atoms with Crippen molar-refractivity contribution in [3.8, 4) is 5.88 Å². The molecule has 1 aromatic heterocycles. The molecule has 5 atom stereocenters. The van der Waals surface area contributed by atoms with Crippen LogP contribution in [0.15, 0.2) is 16.9 Å². The van der Waals surface area contributed by atoms with E-state index in [1.54, 1.807) is 0 Å². The number of nitrogens with one attached hydrogen (secondary N) is 1. The van der Waals surface area contributed by atoms with Crippen LogP contribution in [0.3, 0.4) is 0 Å². The Labute approximate surface area is 169 Å². The van der Waals surface area contributed by atoms with Crippen LogP contribution in [0.2, 0.25) is 0 Å². The summed E-state index contributed by atoms with van der Waals surface area (Å²) in [5.74, 6) is -3.57. The molecular formula is C17H20N2O11.